The monoisotopic (exact) mass is 316 g/mol. The van der Waals surface area contributed by atoms with Crippen LogP contribution in [0.3, 0.4) is 0 Å². The first-order chi connectivity index (χ1) is 11.8. The molecule has 24 heavy (non-hydrogen) atoms. The van der Waals surface area contributed by atoms with Gasteiger partial charge in [0.25, 0.3) is 0 Å². The molecule has 0 aliphatic heterocycles. The van der Waals surface area contributed by atoms with Crippen molar-refractivity contribution in [1.29, 1.82) is 0 Å². The lowest BCUT2D eigenvalue weighted by molar-refractivity contribution is 0.624. The van der Waals surface area contributed by atoms with E-state index in [0.29, 0.717) is 0 Å². The van der Waals surface area contributed by atoms with Crippen molar-refractivity contribution < 1.29 is 0 Å². The molecule has 4 aromatic carbocycles. The van der Waals surface area contributed by atoms with Gasteiger partial charge in [-0.15, -0.1) is 0 Å². The Kier molecular flexibility index (Phi) is 5.69. The zero-order chi connectivity index (χ0) is 16.8. The first-order valence-corrected chi connectivity index (χ1v) is 9.47. The van der Waals surface area contributed by atoms with E-state index in [-0.39, 0.29) is 0 Å². The van der Waals surface area contributed by atoms with E-state index in [4.69, 9.17) is 0 Å². The SMILES string of the molecule is CCCCCCCC.c1cc2ccc3cccc4ccc(c1)c2c34. The molecule has 0 unspecified atom stereocenters. The Morgan fingerprint density at radius 1 is 0.458 bits per heavy atom. The van der Waals surface area contributed by atoms with Gasteiger partial charge in [-0.2, -0.15) is 0 Å². The third-order valence-corrected chi connectivity index (χ3v) is 4.85. The second-order valence-corrected chi connectivity index (χ2v) is 6.70. The van der Waals surface area contributed by atoms with Gasteiger partial charge in [0.2, 0.25) is 0 Å². The fraction of sp³-hybridized carbons (Fsp3) is 0.333. The molecule has 0 saturated carbocycles. The largest absolute Gasteiger partial charge is 0.0654 e. The summed E-state index contributed by atoms with van der Waals surface area (Å²) in [7, 11) is 0. The summed E-state index contributed by atoms with van der Waals surface area (Å²) in [5.74, 6) is 0. The molecule has 0 atom stereocenters. The fourth-order valence-corrected chi connectivity index (χ4v) is 3.52. The van der Waals surface area contributed by atoms with Crippen molar-refractivity contribution in [3.05, 3.63) is 60.7 Å². The molecule has 4 aromatic rings. The van der Waals surface area contributed by atoms with Crippen LogP contribution in [0.25, 0.3) is 32.3 Å². The molecule has 4 rings (SSSR count). The summed E-state index contributed by atoms with van der Waals surface area (Å²) in [6, 6.07) is 21.9. The van der Waals surface area contributed by atoms with Crippen molar-refractivity contribution in [2.75, 3.05) is 0 Å². The van der Waals surface area contributed by atoms with Crippen LogP contribution >= 0.6 is 0 Å². The molecule has 0 spiro atoms. The first kappa shape index (κ1) is 16.8. The summed E-state index contributed by atoms with van der Waals surface area (Å²) < 4.78 is 0. The average molecular weight is 316 g/mol. The molecule has 0 nitrogen and oxygen atoms in total. The van der Waals surface area contributed by atoms with E-state index >= 15 is 0 Å². The molecule has 0 aliphatic rings. The summed E-state index contributed by atoms with van der Waals surface area (Å²) in [6.45, 7) is 4.51. The van der Waals surface area contributed by atoms with Gasteiger partial charge in [-0.3, -0.25) is 0 Å². The lowest BCUT2D eigenvalue weighted by atomic mass is 9.95. The van der Waals surface area contributed by atoms with Crippen molar-refractivity contribution in [2.45, 2.75) is 52.4 Å². The molecule has 0 amide bonds. The van der Waals surface area contributed by atoms with Gasteiger partial charge in [0.15, 0.2) is 0 Å². The minimum atomic E-state index is 1.34. The maximum Gasteiger partial charge on any atom is -0.00268 e. The molecule has 0 N–H and O–H groups in total. The van der Waals surface area contributed by atoms with E-state index in [2.05, 4.69) is 74.5 Å². The lowest BCUT2D eigenvalue weighted by Gasteiger charge is -2.09. The fourth-order valence-electron chi connectivity index (χ4n) is 3.52. The molecular weight excluding hydrogens is 288 g/mol. The Balaban J connectivity index is 0.000000183. The maximum absolute atomic E-state index is 2.26. The van der Waals surface area contributed by atoms with Crippen molar-refractivity contribution in [3.8, 4) is 0 Å². The highest BCUT2D eigenvalue weighted by atomic mass is 14.1. The van der Waals surface area contributed by atoms with Crippen molar-refractivity contribution >= 4 is 32.3 Å². The lowest BCUT2D eigenvalue weighted by Crippen LogP contribution is -1.82. The highest BCUT2D eigenvalue weighted by Crippen LogP contribution is 2.33. The molecule has 0 radical (unpaired) electrons. The Bertz CT molecular complexity index is 752. The van der Waals surface area contributed by atoms with Gasteiger partial charge in [-0.25, -0.2) is 0 Å². The molecule has 124 valence electrons. The van der Waals surface area contributed by atoms with Crippen molar-refractivity contribution in [3.63, 3.8) is 0 Å². The van der Waals surface area contributed by atoms with Crippen LogP contribution in [-0.2, 0) is 0 Å². The van der Waals surface area contributed by atoms with Gasteiger partial charge in [0.05, 0.1) is 0 Å². The van der Waals surface area contributed by atoms with E-state index in [1.54, 1.807) is 0 Å². The molecule has 0 saturated heterocycles. The van der Waals surface area contributed by atoms with Crippen LogP contribution in [0.1, 0.15) is 52.4 Å². The Labute approximate surface area is 145 Å². The predicted molar refractivity (Wildman–Crippen MR) is 109 cm³/mol. The maximum atomic E-state index is 2.26. The number of unbranched alkanes of at least 4 members (excludes halogenated alkanes) is 5. The quantitative estimate of drug-likeness (QED) is 0.259. The minimum absolute atomic E-state index is 1.34. The summed E-state index contributed by atoms with van der Waals surface area (Å²) in [5.41, 5.74) is 0. The van der Waals surface area contributed by atoms with Crippen LogP contribution in [0.2, 0.25) is 0 Å². The van der Waals surface area contributed by atoms with Gasteiger partial charge < -0.3 is 0 Å². The van der Waals surface area contributed by atoms with E-state index in [9.17, 15) is 0 Å². The van der Waals surface area contributed by atoms with Crippen LogP contribution < -0.4 is 0 Å². The van der Waals surface area contributed by atoms with E-state index < -0.39 is 0 Å². The molecule has 0 heterocycles. The van der Waals surface area contributed by atoms with E-state index in [0.717, 1.165) is 0 Å². The second-order valence-electron chi connectivity index (χ2n) is 6.70. The third kappa shape index (κ3) is 3.53. The topological polar surface area (TPSA) is 0 Å². The first-order valence-electron chi connectivity index (χ1n) is 9.47. The average Bonchev–Trinajstić information content (AvgIpc) is 2.64. The minimum Gasteiger partial charge on any atom is -0.0654 e. The van der Waals surface area contributed by atoms with Gasteiger partial charge in [-0.05, 0) is 32.3 Å². The molecule has 0 fully saturated rings. The van der Waals surface area contributed by atoms with Gasteiger partial charge in [0, 0.05) is 0 Å². The zero-order valence-corrected chi connectivity index (χ0v) is 15.0. The Morgan fingerprint density at radius 3 is 1.08 bits per heavy atom. The summed E-state index contributed by atoms with van der Waals surface area (Å²) in [6.07, 6.45) is 8.49. The van der Waals surface area contributed by atoms with Gasteiger partial charge >= 0.3 is 0 Å². The van der Waals surface area contributed by atoms with Crippen molar-refractivity contribution in [2.24, 2.45) is 0 Å². The smallest absolute Gasteiger partial charge is 0.00268 e. The summed E-state index contributed by atoms with van der Waals surface area (Å²) >= 11 is 0. The van der Waals surface area contributed by atoms with Crippen LogP contribution in [0.15, 0.2) is 60.7 Å². The van der Waals surface area contributed by atoms with Crippen LogP contribution in [-0.4, -0.2) is 0 Å². The Hall–Kier alpha value is -2.08. The number of benzene rings is 4. The molecule has 0 aromatic heterocycles. The Morgan fingerprint density at radius 2 is 0.792 bits per heavy atom. The van der Waals surface area contributed by atoms with E-state index in [1.165, 1.54) is 70.8 Å². The zero-order valence-electron chi connectivity index (χ0n) is 15.0. The summed E-state index contributed by atoms with van der Waals surface area (Å²) in [5, 5.41) is 8.14. The second kappa shape index (κ2) is 8.15. The molecule has 0 bridgehead atoms. The standard InChI is InChI=1S/C16H10.C8H18/c1-3-11-7-9-13-5-2-6-14-10-8-12(4-1)15(11)16(13)14;1-3-5-7-8-6-4-2/h1-10H;3-8H2,1-2H3. The summed E-state index contributed by atoms with van der Waals surface area (Å²) in [4.78, 5) is 0. The van der Waals surface area contributed by atoms with E-state index in [1.807, 2.05) is 0 Å². The van der Waals surface area contributed by atoms with Gasteiger partial charge in [-0.1, -0.05) is 113 Å². The van der Waals surface area contributed by atoms with Crippen LogP contribution in [0.5, 0.6) is 0 Å². The van der Waals surface area contributed by atoms with Crippen LogP contribution in [0, 0.1) is 0 Å². The molecule has 0 aliphatic carbocycles. The number of rotatable bonds is 5. The highest BCUT2D eigenvalue weighted by Gasteiger charge is 2.05. The predicted octanol–water partition coefficient (Wildman–Crippen LogP) is 7.95. The normalized spacial score (nSPS) is 11.1. The number of hydrogen-bond acceptors (Lipinski definition) is 0. The van der Waals surface area contributed by atoms with Crippen LogP contribution in [0.4, 0.5) is 0 Å². The van der Waals surface area contributed by atoms with Crippen molar-refractivity contribution in [1.82, 2.24) is 0 Å². The number of hydrogen-bond donors (Lipinski definition) is 0. The third-order valence-electron chi connectivity index (χ3n) is 4.85. The molecular formula is C24H28. The molecule has 0 heteroatoms. The van der Waals surface area contributed by atoms with Gasteiger partial charge in [0.1, 0.15) is 0 Å². The highest BCUT2D eigenvalue weighted by molar-refractivity contribution is 6.22.